The normalized spacial score (nSPS) is 10.3. The number of rotatable bonds is 4. The van der Waals surface area contributed by atoms with Crippen LogP contribution < -0.4 is 5.32 Å². The second kappa shape index (κ2) is 4.91. The van der Waals surface area contributed by atoms with E-state index in [1.165, 1.54) is 11.6 Å². The summed E-state index contributed by atoms with van der Waals surface area (Å²) in [4.78, 5) is 10.6. The Labute approximate surface area is 104 Å². The van der Waals surface area contributed by atoms with Crippen molar-refractivity contribution in [2.24, 2.45) is 0 Å². The number of aromatic nitrogens is 1. The molecule has 1 aromatic carbocycles. The van der Waals surface area contributed by atoms with Crippen LogP contribution in [0.1, 0.15) is 27.4 Å². The minimum absolute atomic E-state index is 0.0761. The van der Waals surface area contributed by atoms with E-state index in [0.29, 0.717) is 12.3 Å². The van der Waals surface area contributed by atoms with E-state index in [9.17, 15) is 4.79 Å². The van der Waals surface area contributed by atoms with Crippen molar-refractivity contribution in [2.45, 2.75) is 20.4 Å². The molecule has 0 atom stereocenters. The van der Waals surface area contributed by atoms with Crippen molar-refractivity contribution in [1.82, 2.24) is 5.16 Å². The first kappa shape index (κ1) is 12.2. The van der Waals surface area contributed by atoms with Crippen LogP contribution in [0.25, 0.3) is 0 Å². The van der Waals surface area contributed by atoms with E-state index in [2.05, 4.69) is 10.5 Å². The molecule has 0 aliphatic heterocycles. The monoisotopic (exact) mass is 246 g/mol. The average Bonchev–Trinajstić information content (AvgIpc) is 2.80. The molecule has 0 fully saturated rings. The van der Waals surface area contributed by atoms with Crippen molar-refractivity contribution >= 4 is 11.7 Å². The zero-order valence-electron chi connectivity index (χ0n) is 10.2. The maximum Gasteiger partial charge on any atom is 0.358 e. The van der Waals surface area contributed by atoms with Crippen molar-refractivity contribution in [3.8, 4) is 0 Å². The van der Waals surface area contributed by atoms with Gasteiger partial charge in [-0.15, -0.1) is 0 Å². The molecule has 0 unspecified atom stereocenters. The van der Waals surface area contributed by atoms with Gasteiger partial charge in [-0.3, -0.25) is 0 Å². The van der Waals surface area contributed by atoms with Crippen molar-refractivity contribution < 1.29 is 14.4 Å². The topological polar surface area (TPSA) is 75.4 Å². The number of carboxylic acid groups (broad SMARTS) is 1. The molecule has 0 aliphatic carbocycles. The Morgan fingerprint density at radius 1 is 1.44 bits per heavy atom. The Morgan fingerprint density at radius 3 is 2.89 bits per heavy atom. The molecule has 0 radical (unpaired) electrons. The van der Waals surface area contributed by atoms with Crippen LogP contribution in [0.5, 0.6) is 0 Å². The van der Waals surface area contributed by atoms with Gasteiger partial charge in [0.05, 0.1) is 6.54 Å². The molecule has 18 heavy (non-hydrogen) atoms. The summed E-state index contributed by atoms with van der Waals surface area (Å²) in [6.45, 7) is 4.47. The summed E-state index contributed by atoms with van der Waals surface area (Å²) in [7, 11) is 0. The molecule has 2 N–H and O–H groups in total. The summed E-state index contributed by atoms with van der Waals surface area (Å²) in [5.41, 5.74) is 3.29. The summed E-state index contributed by atoms with van der Waals surface area (Å²) in [6.07, 6.45) is 0. The first-order valence-electron chi connectivity index (χ1n) is 5.57. The highest BCUT2D eigenvalue weighted by molar-refractivity contribution is 5.85. The van der Waals surface area contributed by atoms with Crippen LogP contribution in [0, 0.1) is 13.8 Å². The van der Waals surface area contributed by atoms with E-state index in [0.717, 1.165) is 11.3 Å². The van der Waals surface area contributed by atoms with E-state index in [4.69, 9.17) is 9.63 Å². The minimum Gasteiger partial charge on any atom is -0.476 e. The maximum atomic E-state index is 10.6. The van der Waals surface area contributed by atoms with Crippen LogP contribution in [0.4, 0.5) is 5.69 Å². The summed E-state index contributed by atoms with van der Waals surface area (Å²) < 4.78 is 4.92. The fraction of sp³-hybridized carbons (Fsp3) is 0.231. The Kier molecular flexibility index (Phi) is 3.32. The largest absolute Gasteiger partial charge is 0.476 e. The lowest BCUT2D eigenvalue weighted by Gasteiger charge is -2.09. The highest BCUT2D eigenvalue weighted by Gasteiger charge is 2.10. The second-order valence-electron chi connectivity index (χ2n) is 4.08. The smallest absolute Gasteiger partial charge is 0.358 e. The number of benzene rings is 1. The lowest BCUT2D eigenvalue weighted by atomic mass is 10.1. The standard InChI is InChI=1S/C13H14N2O3/c1-8-4-3-5-11(9(8)2)14-7-10-6-12(13(16)17)15-18-10/h3-6,14H,7H2,1-2H3,(H,16,17). The van der Waals surface area contributed by atoms with Crippen LogP contribution >= 0.6 is 0 Å². The van der Waals surface area contributed by atoms with Crippen LogP contribution in [0.15, 0.2) is 28.8 Å². The van der Waals surface area contributed by atoms with Gasteiger partial charge in [0.2, 0.25) is 0 Å². The Hall–Kier alpha value is -2.30. The van der Waals surface area contributed by atoms with Gasteiger partial charge >= 0.3 is 5.97 Å². The van der Waals surface area contributed by atoms with Gasteiger partial charge in [0, 0.05) is 11.8 Å². The number of nitrogens with zero attached hydrogens (tertiary/aromatic N) is 1. The van der Waals surface area contributed by atoms with Crippen molar-refractivity contribution in [1.29, 1.82) is 0 Å². The lowest BCUT2D eigenvalue weighted by Crippen LogP contribution is -2.01. The second-order valence-corrected chi connectivity index (χ2v) is 4.08. The van der Waals surface area contributed by atoms with E-state index in [-0.39, 0.29) is 5.69 Å². The number of carboxylic acids is 1. The number of anilines is 1. The molecule has 5 heteroatoms. The first-order valence-corrected chi connectivity index (χ1v) is 5.57. The highest BCUT2D eigenvalue weighted by atomic mass is 16.5. The molecule has 2 aromatic rings. The predicted octanol–water partition coefficient (Wildman–Crippen LogP) is 2.60. The lowest BCUT2D eigenvalue weighted by molar-refractivity contribution is 0.0685. The fourth-order valence-corrected chi connectivity index (χ4v) is 1.62. The van der Waals surface area contributed by atoms with Gasteiger partial charge in [0.15, 0.2) is 11.5 Å². The third-order valence-corrected chi connectivity index (χ3v) is 2.84. The van der Waals surface area contributed by atoms with Crippen LogP contribution in [0.3, 0.4) is 0 Å². The SMILES string of the molecule is Cc1cccc(NCc2cc(C(=O)O)no2)c1C. The molecule has 0 amide bonds. The quantitative estimate of drug-likeness (QED) is 0.867. The first-order chi connectivity index (χ1) is 8.58. The molecule has 0 bridgehead atoms. The molecular formula is C13H14N2O3. The Morgan fingerprint density at radius 2 is 2.22 bits per heavy atom. The molecule has 5 nitrogen and oxygen atoms in total. The maximum absolute atomic E-state index is 10.6. The highest BCUT2D eigenvalue weighted by Crippen LogP contribution is 2.18. The molecule has 0 saturated carbocycles. The predicted molar refractivity (Wildman–Crippen MR) is 66.7 cm³/mol. The molecule has 0 saturated heterocycles. The summed E-state index contributed by atoms with van der Waals surface area (Å²) in [6, 6.07) is 7.39. The van der Waals surface area contributed by atoms with Gasteiger partial charge in [0.25, 0.3) is 0 Å². The number of hydrogen-bond acceptors (Lipinski definition) is 4. The van der Waals surface area contributed by atoms with Crippen molar-refractivity contribution in [2.75, 3.05) is 5.32 Å². The zero-order valence-corrected chi connectivity index (χ0v) is 10.2. The molecule has 2 rings (SSSR count). The van der Waals surface area contributed by atoms with Crippen molar-refractivity contribution in [3.05, 3.63) is 46.8 Å². The Bertz CT molecular complexity index is 575. The average molecular weight is 246 g/mol. The molecule has 1 heterocycles. The third-order valence-electron chi connectivity index (χ3n) is 2.84. The number of aryl methyl sites for hydroxylation is 1. The molecular weight excluding hydrogens is 232 g/mol. The zero-order chi connectivity index (χ0) is 13.1. The van der Waals surface area contributed by atoms with Gasteiger partial charge in [-0.05, 0) is 31.0 Å². The van der Waals surface area contributed by atoms with Crippen molar-refractivity contribution in [3.63, 3.8) is 0 Å². The fourth-order valence-electron chi connectivity index (χ4n) is 1.62. The number of nitrogens with one attached hydrogen (secondary N) is 1. The van der Waals surface area contributed by atoms with Gasteiger partial charge in [0.1, 0.15) is 0 Å². The number of hydrogen-bond donors (Lipinski definition) is 2. The van der Waals surface area contributed by atoms with Gasteiger partial charge in [-0.25, -0.2) is 4.79 Å². The third kappa shape index (κ3) is 2.51. The molecule has 1 aromatic heterocycles. The van der Waals surface area contributed by atoms with E-state index in [1.54, 1.807) is 0 Å². The molecule has 0 spiro atoms. The van der Waals surface area contributed by atoms with Gasteiger partial charge in [-0.2, -0.15) is 0 Å². The number of aromatic carboxylic acids is 1. The van der Waals surface area contributed by atoms with E-state index < -0.39 is 5.97 Å². The Balaban J connectivity index is 2.07. The minimum atomic E-state index is -1.09. The summed E-state index contributed by atoms with van der Waals surface area (Å²) in [5, 5.41) is 15.4. The van der Waals surface area contributed by atoms with Crippen LogP contribution in [0.2, 0.25) is 0 Å². The summed E-state index contributed by atoms with van der Waals surface area (Å²) >= 11 is 0. The van der Waals surface area contributed by atoms with Crippen LogP contribution in [-0.4, -0.2) is 16.2 Å². The molecule has 94 valence electrons. The van der Waals surface area contributed by atoms with Gasteiger partial charge < -0.3 is 14.9 Å². The van der Waals surface area contributed by atoms with Gasteiger partial charge in [-0.1, -0.05) is 17.3 Å². The van der Waals surface area contributed by atoms with E-state index in [1.807, 2.05) is 32.0 Å². The van der Waals surface area contributed by atoms with Crippen LogP contribution in [-0.2, 0) is 6.54 Å². The number of carbonyl (C=O) groups is 1. The summed E-state index contributed by atoms with van der Waals surface area (Å²) in [5.74, 6) is -0.593. The van der Waals surface area contributed by atoms with E-state index >= 15 is 0 Å². The molecule has 0 aliphatic rings.